The maximum Gasteiger partial charge on any atom is 0.246 e. The predicted octanol–water partition coefficient (Wildman–Crippen LogP) is 4.49. The lowest BCUT2D eigenvalue weighted by molar-refractivity contribution is -0.125. The van der Waals surface area contributed by atoms with E-state index < -0.39 is 0 Å². The van der Waals surface area contributed by atoms with E-state index in [2.05, 4.69) is 0 Å². The molecule has 6 heteroatoms. The van der Waals surface area contributed by atoms with Crippen LogP contribution in [0.1, 0.15) is 23.1 Å². The van der Waals surface area contributed by atoms with Gasteiger partial charge in [-0.25, -0.2) is 0 Å². The van der Waals surface area contributed by atoms with Gasteiger partial charge in [0.25, 0.3) is 0 Å². The number of benzene rings is 2. The third kappa shape index (κ3) is 4.78. The second-order valence-corrected chi connectivity index (χ2v) is 7.13. The maximum atomic E-state index is 12.5. The van der Waals surface area contributed by atoms with Crippen LogP contribution in [0.2, 0.25) is 5.02 Å². The quantitative estimate of drug-likeness (QED) is 0.692. The molecule has 28 heavy (non-hydrogen) atoms. The Morgan fingerprint density at radius 3 is 2.82 bits per heavy atom. The minimum atomic E-state index is -0.119. The first-order chi connectivity index (χ1) is 13.5. The number of aryl methyl sites for hydroxylation is 1. The van der Waals surface area contributed by atoms with Gasteiger partial charge >= 0.3 is 0 Å². The highest BCUT2D eigenvalue weighted by atomic mass is 35.5. The number of rotatable bonds is 5. The van der Waals surface area contributed by atoms with E-state index in [0.29, 0.717) is 36.3 Å². The van der Waals surface area contributed by atoms with Crippen molar-refractivity contribution in [2.45, 2.75) is 19.9 Å². The molecule has 0 spiro atoms. The summed E-state index contributed by atoms with van der Waals surface area (Å²) < 4.78 is 16.7. The summed E-state index contributed by atoms with van der Waals surface area (Å²) in [5.74, 6) is 1.82. The Balaban J connectivity index is 1.72. The molecular formula is C22H24ClNO4. The fraction of sp³-hybridized carbons (Fsp3) is 0.318. The fourth-order valence-corrected chi connectivity index (χ4v) is 3.28. The Kier molecular flexibility index (Phi) is 6.47. The van der Waals surface area contributed by atoms with Gasteiger partial charge < -0.3 is 19.1 Å². The van der Waals surface area contributed by atoms with Crippen molar-refractivity contribution in [3.05, 3.63) is 58.1 Å². The van der Waals surface area contributed by atoms with Gasteiger partial charge in [0.1, 0.15) is 5.75 Å². The van der Waals surface area contributed by atoms with E-state index in [-0.39, 0.29) is 5.91 Å². The van der Waals surface area contributed by atoms with E-state index >= 15 is 0 Å². The summed E-state index contributed by atoms with van der Waals surface area (Å²) in [5.41, 5.74) is 2.86. The van der Waals surface area contributed by atoms with Gasteiger partial charge in [0.2, 0.25) is 5.91 Å². The Labute approximate surface area is 170 Å². The summed E-state index contributed by atoms with van der Waals surface area (Å²) in [4.78, 5) is 14.2. The Morgan fingerprint density at radius 2 is 2.04 bits per heavy atom. The molecule has 0 N–H and O–H groups in total. The molecule has 0 radical (unpaired) electrons. The summed E-state index contributed by atoms with van der Waals surface area (Å²) in [6.45, 7) is 3.62. The third-order valence-corrected chi connectivity index (χ3v) is 4.74. The summed E-state index contributed by atoms with van der Waals surface area (Å²) in [7, 11) is 3.39. The Hall–Kier alpha value is -2.66. The van der Waals surface area contributed by atoms with Gasteiger partial charge in [-0.2, -0.15) is 0 Å². The van der Waals surface area contributed by atoms with E-state index in [1.807, 2.05) is 31.2 Å². The standard InChI is InChI=1S/C22H24ClNO4/c1-15-5-7-19(26-3)17(11-15)14-24(2)21(25)8-6-16-12-18(23)22-20(13-16)27-9-4-10-28-22/h5-8,11-13H,4,9-10,14H2,1-3H3/b8-6+. The number of methoxy groups -OCH3 is 1. The average molecular weight is 402 g/mol. The lowest BCUT2D eigenvalue weighted by atomic mass is 10.1. The lowest BCUT2D eigenvalue weighted by Gasteiger charge is -2.18. The monoisotopic (exact) mass is 401 g/mol. The van der Waals surface area contributed by atoms with Crippen molar-refractivity contribution >= 4 is 23.6 Å². The van der Waals surface area contributed by atoms with Crippen molar-refractivity contribution in [2.24, 2.45) is 0 Å². The number of carbonyl (C=O) groups excluding carboxylic acids is 1. The van der Waals surface area contributed by atoms with E-state index in [4.69, 9.17) is 25.8 Å². The minimum Gasteiger partial charge on any atom is -0.496 e. The first kappa shape index (κ1) is 20.1. The molecule has 2 aromatic rings. The Morgan fingerprint density at radius 1 is 1.25 bits per heavy atom. The number of ether oxygens (including phenoxy) is 3. The summed E-state index contributed by atoms with van der Waals surface area (Å²) in [6.07, 6.45) is 4.06. The number of halogens is 1. The van der Waals surface area contributed by atoms with Crippen molar-refractivity contribution < 1.29 is 19.0 Å². The molecule has 0 aromatic heterocycles. The molecule has 0 saturated carbocycles. The van der Waals surface area contributed by atoms with Crippen LogP contribution in [0.4, 0.5) is 0 Å². The normalized spacial score (nSPS) is 13.3. The van der Waals surface area contributed by atoms with Crippen molar-refractivity contribution in [1.82, 2.24) is 4.90 Å². The molecule has 0 unspecified atom stereocenters. The highest BCUT2D eigenvalue weighted by Crippen LogP contribution is 2.38. The number of likely N-dealkylation sites (N-methyl/N-ethyl adjacent to an activating group) is 1. The molecule has 1 aliphatic rings. The molecule has 2 aromatic carbocycles. The largest absolute Gasteiger partial charge is 0.496 e. The molecule has 1 heterocycles. The van der Waals surface area contributed by atoms with Gasteiger partial charge in [-0.1, -0.05) is 29.3 Å². The SMILES string of the molecule is COc1ccc(C)cc1CN(C)C(=O)/C=C/c1cc(Cl)c2c(c1)OCCCO2. The van der Waals surface area contributed by atoms with Crippen LogP contribution in [0.5, 0.6) is 17.2 Å². The summed E-state index contributed by atoms with van der Waals surface area (Å²) in [6, 6.07) is 9.52. The lowest BCUT2D eigenvalue weighted by Crippen LogP contribution is -2.24. The highest BCUT2D eigenvalue weighted by Gasteiger charge is 2.15. The molecule has 1 amide bonds. The van der Waals surface area contributed by atoms with Crippen LogP contribution in [-0.4, -0.2) is 38.2 Å². The second kappa shape index (κ2) is 9.02. The molecule has 1 aliphatic heterocycles. The van der Waals surface area contributed by atoms with Crippen LogP contribution in [0.3, 0.4) is 0 Å². The van der Waals surface area contributed by atoms with E-state index in [1.54, 1.807) is 31.2 Å². The Bertz CT molecular complexity index is 894. The number of hydrogen-bond acceptors (Lipinski definition) is 4. The summed E-state index contributed by atoms with van der Waals surface area (Å²) in [5, 5.41) is 0.476. The average Bonchev–Trinajstić information content (AvgIpc) is 2.92. The number of amides is 1. The highest BCUT2D eigenvalue weighted by molar-refractivity contribution is 6.32. The van der Waals surface area contributed by atoms with E-state index in [1.165, 1.54) is 6.08 Å². The molecule has 0 saturated heterocycles. The fourth-order valence-electron chi connectivity index (χ4n) is 3.01. The van der Waals surface area contributed by atoms with Crippen LogP contribution in [0.25, 0.3) is 6.08 Å². The number of hydrogen-bond donors (Lipinski definition) is 0. The molecule has 148 valence electrons. The van der Waals surface area contributed by atoms with Crippen LogP contribution in [0, 0.1) is 6.92 Å². The summed E-state index contributed by atoms with van der Waals surface area (Å²) >= 11 is 6.31. The van der Waals surface area contributed by atoms with Crippen LogP contribution >= 0.6 is 11.6 Å². The molecule has 0 aliphatic carbocycles. The van der Waals surface area contributed by atoms with E-state index in [0.717, 1.165) is 28.9 Å². The van der Waals surface area contributed by atoms with Gasteiger partial charge in [-0.3, -0.25) is 4.79 Å². The van der Waals surface area contributed by atoms with Crippen LogP contribution < -0.4 is 14.2 Å². The molecule has 5 nitrogen and oxygen atoms in total. The first-order valence-corrected chi connectivity index (χ1v) is 9.51. The third-order valence-electron chi connectivity index (χ3n) is 4.46. The van der Waals surface area contributed by atoms with Crippen LogP contribution in [-0.2, 0) is 11.3 Å². The van der Waals surface area contributed by atoms with Crippen molar-refractivity contribution in [2.75, 3.05) is 27.4 Å². The number of carbonyl (C=O) groups is 1. The van der Waals surface area contributed by atoms with Crippen molar-refractivity contribution in [1.29, 1.82) is 0 Å². The number of nitrogens with zero attached hydrogens (tertiary/aromatic N) is 1. The smallest absolute Gasteiger partial charge is 0.246 e. The van der Waals surface area contributed by atoms with Crippen LogP contribution in [0.15, 0.2) is 36.4 Å². The van der Waals surface area contributed by atoms with E-state index in [9.17, 15) is 4.79 Å². The number of fused-ring (bicyclic) bond motifs is 1. The zero-order chi connectivity index (χ0) is 20.1. The van der Waals surface area contributed by atoms with Crippen molar-refractivity contribution in [3.8, 4) is 17.2 Å². The maximum absolute atomic E-state index is 12.5. The molecule has 0 bridgehead atoms. The van der Waals surface area contributed by atoms with Gasteiger partial charge in [0, 0.05) is 31.7 Å². The molecule has 0 atom stereocenters. The van der Waals surface area contributed by atoms with Gasteiger partial charge in [0.15, 0.2) is 11.5 Å². The zero-order valence-electron chi connectivity index (χ0n) is 16.3. The topological polar surface area (TPSA) is 48.0 Å². The van der Waals surface area contributed by atoms with Crippen molar-refractivity contribution in [3.63, 3.8) is 0 Å². The first-order valence-electron chi connectivity index (χ1n) is 9.14. The minimum absolute atomic E-state index is 0.119. The predicted molar refractivity (Wildman–Crippen MR) is 110 cm³/mol. The van der Waals surface area contributed by atoms with Gasteiger partial charge in [-0.15, -0.1) is 0 Å². The second-order valence-electron chi connectivity index (χ2n) is 6.72. The molecule has 0 fully saturated rings. The molecule has 3 rings (SSSR count). The van der Waals surface area contributed by atoms with Gasteiger partial charge in [-0.05, 0) is 36.8 Å². The molecular weight excluding hydrogens is 378 g/mol. The zero-order valence-corrected chi connectivity index (χ0v) is 17.1. The van der Waals surface area contributed by atoms with Gasteiger partial charge in [0.05, 0.1) is 25.3 Å².